The lowest BCUT2D eigenvalue weighted by atomic mass is 9.97. The molecule has 7 nitrogen and oxygen atoms in total. The van der Waals surface area contributed by atoms with Crippen molar-refractivity contribution >= 4 is 21.9 Å². The van der Waals surface area contributed by atoms with Crippen LogP contribution in [0.15, 0.2) is 29.2 Å². The molecule has 3 N–H and O–H groups in total. The molecule has 1 amide bonds. The third kappa shape index (κ3) is 3.75. The van der Waals surface area contributed by atoms with Gasteiger partial charge in [-0.3, -0.25) is 4.79 Å². The van der Waals surface area contributed by atoms with Gasteiger partial charge in [-0.1, -0.05) is 18.8 Å². The summed E-state index contributed by atoms with van der Waals surface area (Å²) < 4.78 is 26.0. The molecule has 0 heterocycles. The van der Waals surface area contributed by atoms with E-state index in [2.05, 4.69) is 16.0 Å². The maximum absolute atomic E-state index is 12.3. The molecule has 0 unspecified atom stereocenters. The van der Waals surface area contributed by atoms with E-state index in [1.165, 1.54) is 24.3 Å². The summed E-state index contributed by atoms with van der Waals surface area (Å²) in [4.78, 5) is 23.7. The topological polar surface area (TPSA) is 113 Å². The van der Waals surface area contributed by atoms with Gasteiger partial charge in [0.05, 0.1) is 11.4 Å². The Labute approximate surface area is 140 Å². The van der Waals surface area contributed by atoms with Crippen molar-refractivity contribution in [2.75, 3.05) is 6.54 Å². The summed E-state index contributed by atoms with van der Waals surface area (Å²) in [6.45, 7) is -0.133. The van der Waals surface area contributed by atoms with Crippen LogP contribution in [0.3, 0.4) is 0 Å². The number of benzene rings is 1. The van der Waals surface area contributed by atoms with E-state index in [1.807, 2.05) is 0 Å². The maximum atomic E-state index is 12.3. The first-order chi connectivity index (χ1) is 11.3. The molecule has 8 heteroatoms. The van der Waals surface area contributed by atoms with Crippen molar-refractivity contribution in [2.24, 2.45) is 0 Å². The third-order valence-corrected chi connectivity index (χ3v) is 5.43. The van der Waals surface area contributed by atoms with Gasteiger partial charge in [0.2, 0.25) is 10.0 Å². The van der Waals surface area contributed by atoms with E-state index in [0.29, 0.717) is 12.8 Å². The Bertz CT molecular complexity index is 772. The monoisotopic (exact) mass is 350 g/mol. The number of nitrogens with one attached hydrogen (secondary N) is 2. The lowest BCUT2D eigenvalue weighted by Gasteiger charge is -2.25. The van der Waals surface area contributed by atoms with Crippen molar-refractivity contribution in [2.45, 2.75) is 36.1 Å². The second kappa shape index (κ2) is 7.03. The van der Waals surface area contributed by atoms with Crippen LogP contribution in [0.2, 0.25) is 0 Å². The molecular weight excluding hydrogens is 332 g/mol. The molecule has 1 aromatic rings. The summed E-state index contributed by atoms with van der Waals surface area (Å²) in [6, 6.07) is 5.22. The van der Waals surface area contributed by atoms with Crippen LogP contribution >= 0.6 is 0 Å². The number of rotatable bonds is 6. The minimum atomic E-state index is -3.73. The molecule has 1 fully saturated rings. The van der Waals surface area contributed by atoms with Crippen LogP contribution in [0.1, 0.15) is 36.0 Å². The number of carboxylic acids is 1. The molecule has 0 saturated heterocycles. The van der Waals surface area contributed by atoms with E-state index >= 15 is 0 Å². The van der Waals surface area contributed by atoms with Gasteiger partial charge >= 0.3 is 5.97 Å². The number of carbonyl (C=O) groups is 2. The van der Waals surface area contributed by atoms with E-state index in [1.54, 1.807) is 0 Å². The van der Waals surface area contributed by atoms with Crippen molar-refractivity contribution in [3.05, 3.63) is 29.8 Å². The predicted octanol–water partition coefficient (Wildman–Crippen LogP) is 0.725. The molecular formula is C16H18N2O5S. The molecule has 1 aliphatic rings. The molecule has 24 heavy (non-hydrogen) atoms. The molecule has 0 bridgehead atoms. The normalized spacial score (nSPS) is 16.3. The van der Waals surface area contributed by atoms with E-state index < -0.39 is 27.4 Å². The first kappa shape index (κ1) is 18.0. The SMILES string of the molecule is C#CCNS(=O)(=O)c1ccc(C(=O)NC2(C(=O)O)CCCC2)cc1. The van der Waals surface area contributed by atoms with Crippen LogP contribution in [0.5, 0.6) is 0 Å². The van der Waals surface area contributed by atoms with Gasteiger partial charge in [-0.2, -0.15) is 4.72 Å². The van der Waals surface area contributed by atoms with E-state index in [0.717, 1.165) is 12.8 Å². The summed E-state index contributed by atoms with van der Waals surface area (Å²) in [5.41, 5.74) is -1.05. The standard InChI is InChI=1S/C16H18N2O5S/c1-2-11-17-24(22,23)13-7-5-12(6-8-13)14(19)18-16(15(20)21)9-3-4-10-16/h1,5-8,17H,3-4,9-11H2,(H,18,19)(H,20,21). The summed E-state index contributed by atoms with van der Waals surface area (Å²) >= 11 is 0. The smallest absolute Gasteiger partial charge is 0.329 e. The summed E-state index contributed by atoms with van der Waals surface area (Å²) in [7, 11) is -3.73. The quantitative estimate of drug-likeness (QED) is 0.655. The van der Waals surface area contributed by atoms with Gasteiger partial charge in [-0.05, 0) is 37.1 Å². The van der Waals surface area contributed by atoms with Gasteiger partial charge in [-0.15, -0.1) is 6.42 Å². The fraction of sp³-hybridized carbons (Fsp3) is 0.375. The second-order valence-corrected chi connectivity index (χ2v) is 7.37. The van der Waals surface area contributed by atoms with Crippen molar-refractivity contribution in [1.29, 1.82) is 0 Å². The number of amides is 1. The molecule has 0 aliphatic heterocycles. The highest BCUT2D eigenvalue weighted by molar-refractivity contribution is 7.89. The zero-order valence-electron chi connectivity index (χ0n) is 12.9. The Balaban J connectivity index is 2.15. The summed E-state index contributed by atoms with van der Waals surface area (Å²) in [5.74, 6) is 0.576. The lowest BCUT2D eigenvalue weighted by molar-refractivity contribution is -0.144. The van der Waals surface area contributed by atoms with Gasteiger partial charge in [0.25, 0.3) is 5.91 Å². The van der Waals surface area contributed by atoms with Crippen LogP contribution in [0, 0.1) is 12.3 Å². The third-order valence-electron chi connectivity index (χ3n) is 4.01. The highest BCUT2D eigenvalue weighted by Gasteiger charge is 2.42. The largest absolute Gasteiger partial charge is 0.480 e. The maximum Gasteiger partial charge on any atom is 0.329 e. The Hall–Kier alpha value is -2.37. The Morgan fingerprint density at radius 1 is 1.21 bits per heavy atom. The molecule has 128 valence electrons. The van der Waals surface area contributed by atoms with Crippen molar-refractivity contribution in [3.8, 4) is 12.3 Å². The van der Waals surface area contributed by atoms with E-state index in [-0.39, 0.29) is 17.0 Å². The molecule has 1 aliphatic carbocycles. The fourth-order valence-electron chi connectivity index (χ4n) is 2.67. The molecule has 2 rings (SSSR count). The first-order valence-electron chi connectivity index (χ1n) is 7.40. The van der Waals surface area contributed by atoms with Crippen LogP contribution in [0.4, 0.5) is 0 Å². The number of hydrogen-bond acceptors (Lipinski definition) is 4. The average Bonchev–Trinajstić information content (AvgIpc) is 3.03. The van der Waals surface area contributed by atoms with Crippen LogP contribution < -0.4 is 10.0 Å². The van der Waals surface area contributed by atoms with Gasteiger partial charge in [0.15, 0.2) is 0 Å². The fourth-order valence-corrected chi connectivity index (χ4v) is 3.60. The first-order valence-corrected chi connectivity index (χ1v) is 8.88. The van der Waals surface area contributed by atoms with Crippen molar-refractivity contribution in [1.82, 2.24) is 10.0 Å². The van der Waals surface area contributed by atoms with Crippen molar-refractivity contribution < 1.29 is 23.1 Å². The lowest BCUT2D eigenvalue weighted by Crippen LogP contribution is -2.52. The zero-order valence-corrected chi connectivity index (χ0v) is 13.7. The van der Waals surface area contributed by atoms with Crippen LogP contribution in [-0.2, 0) is 14.8 Å². The molecule has 0 atom stereocenters. The Morgan fingerprint density at radius 3 is 2.29 bits per heavy atom. The van der Waals surface area contributed by atoms with Gasteiger partial charge in [0.1, 0.15) is 5.54 Å². The van der Waals surface area contributed by atoms with Gasteiger partial charge < -0.3 is 10.4 Å². The summed E-state index contributed by atoms with van der Waals surface area (Å²) in [6.07, 6.45) is 7.27. The molecule has 1 aromatic carbocycles. The number of aliphatic carboxylic acids is 1. The second-order valence-electron chi connectivity index (χ2n) is 5.60. The average molecular weight is 350 g/mol. The zero-order chi connectivity index (χ0) is 17.8. The summed E-state index contributed by atoms with van der Waals surface area (Å²) in [5, 5.41) is 11.9. The van der Waals surface area contributed by atoms with Crippen LogP contribution in [-0.4, -0.2) is 37.5 Å². The highest BCUT2D eigenvalue weighted by atomic mass is 32.2. The number of hydrogen-bond donors (Lipinski definition) is 3. The molecule has 0 spiro atoms. The number of sulfonamides is 1. The molecule has 0 aromatic heterocycles. The van der Waals surface area contributed by atoms with Gasteiger partial charge in [-0.25, -0.2) is 13.2 Å². The number of carboxylic acid groups (broad SMARTS) is 1. The number of terminal acetylenes is 1. The Kier molecular flexibility index (Phi) is 5.26. The minimum Gasteiger partial charge on any atom is -0.480 e. The highest BCUT2D eigenvalue weighted by Crippen LogP contribution is 2.30. The molecule has 1 saturated carbocycles. The van der Waals surface area contributed by atoms with Crippen LogP contribution in [0.25, 0.3) is 0 Å². The number of carbonyl (C=O) groups excluding carboxylic acids is 1. The predicted molar refractivity (Wildman–Crippen MR) is 86.8 cm³/mol. The minimum absolute atomic E-state index is 0.0249. The van der Waals surface area contributed by atoms with Gasteiger partial charge in [0, 0.05) is 5.56 Å². The van der Waals surface area contributed by atoms with Crippen molar-refractivity contribution in [3.63, 3.8) is 0 Å². The van der Waals surface area contributed by atoms with E-state index in [9.17, 15) is 23.1 Å². The van der Waals surface area contributed by atoms with E-state index in [4.69, 9.17) is 6.42 Å². The molecule has 0 radical (unpaired) electrons. The Morgan fingerprint density at radius 2 is 1.79 bits per heavy atom.